The van der Waals surface area contributed by atoms with Crippen LogP contribution in [0.15, 0.2) is 23.1 Å². The predicted octanol–water partition coefficient (Wildman–Crippen LogP) is 2.87. The molecule has 1 aromatic rings. The Morgan fingerprint density at radius 3 is 2.71 bits per heavy atom. The number of nitrogens with one attached hydrogen (secondary N) is 1. The van der Waals surface area contributed by atoms with E-state index >= 15 is 0 Å². The number of hydrogen-bond acceptors (Lipinski definition) is 6. The third kappa shape index (κ3) is 3.06. The van der Waals surface area contributed by atoms with Crippen molar-refractivity contribution in [3.05, 3.63) is 38.8 Å². The van der Waals surface area contributed by atoms with Crippen LogP contribution in [-0.2, 0) is 4.79 Å². The minimum Gasteiger partial charge on any atom is -0.497 e. The highest BCUT2D eigenvalue weighted by Crippen LogP contribution is 2.38. The van der Waals surface area contributed by atoms with E-state index in [1.54, 1.807) is 12.1 Å². The molecule has 1 aliphatic rings. The van der Waals surface area contributed by atoms with Gasteiger partial charge in [0.1, 0.15) is 10.1 Å². The van der Waals surface area contributed by atoms with Crippen molar-refractivity contribution in [1.82, 2.24) is 5.32 Å². The summed E-state index contributed by atoms with van der Waals surface area (Å²) in [6, 6.07) is 4.58. The molecule has 0 spiro atoms. The third-order valence-corrected chi connectivity index (χ3v) is 4.25. The molecule has 1 saturated heterocycles. The number of nitro benzene ring substituents is 1. The maximum atomic E-state index is 11.9. The second-order valence-corrected chi connectivity index (χ2v) is 5.83. The van der Waals surface area contributed by atoms with Crippen molar-refractivity contribution in [2.75, 3.05) is 7.11 Å². The van der Waals surface area contributed by atoms with E-state index in [1.165, 1.54) is 13.2 Å². The minimum atomic E-state index is -0.482. The van der Waals surface area contributed by atoms with Crippen LogP contribution < -0.4 is 10.1 Å². The number of carbonyl (C=O) groups excluding carboxylic acids is 1. The number of thioether (sulfide) groups is 1. The first-order chi connectivity index (χ1) is 9.97. The lowest BCUT2D eigenvalue weighted by molar-refractivity contribution is -0.385. The zero-order valence-corrected chi connectivity index (χ0v) is 13.0. The Balaban J connectivity index is 2.63. The summed E-state index contributed by atoms with van der Waals surface area (Å²) in [5, 5.41) is 13.8. The fourth-order valence-electron chi connectivity index (χ4n) is 2.03. The second kappa shape index (κ2) is 6.23. The molecule has 1 aromatic carbocycles. The van der Waals surface area contributed by atoms with Crippen molar-refractivity contribution >= 4 is 45.5 Å². The lowest BCUT2D eigenvalue weighted by atomic mass is 10.0. The van der Waals surface area contributed by atoms with Crippen LogP contribution in [0.5, 0.6) is 5.75 Å². The van der Waals surface area contributed by atoms with Gasteiger partial charge in [-0.2, -0.15) is 0 Å². The number of nitro groups is 1. The average molecular weight is 324 g/mol. The zero-order valence-electron chi connectivity index (χ0n) is 11.3. The van der Waals surface area contributed by atoms with E-state index in [-0.39, 0.29) is 11.6 Å². The molecule has 0 unspecified atom stereocenters. The summed E-state index contributed by atoms with van der Waals surface area (Å²) in [6.07, 6.45) is 0.478. The monoisotopic (exact) mass is 324 g/mol. The lowest BCUT2D eigenvalue weighted by Crippen LogP contribution is -2.18. The van der Waals surface area contributed by atoms with Crippen LogP contribution >= 0.6 is 24.0 Å². The highest BCUT2D eigenvalue weighted by Gasteiger charge is 2.29. The number of methoxy groups -OCH3 is 1. The quantitative estimate of drug-likeness (QED) is 0.397. The van der Waals surface area contributed by atoms with Gasteiger partial charge in [0.15, 0.2) is 0 Å². The Kier molecular flexibility index (Phi) is 4.59. The fraction of sp³-hybridized carbons (Fsp3) is 0.231. The molecule has 6 nitrogen and oxygen atoms in total. The normalized spacial score (nSPS) is 16.7. The predicted molar refractivity (Wildman–Crippen MR) is 85.2 cm³/mol. The highest BCUT2D eigenvalue weighted by atomic mass is 32.2. The average Bonchev–Trinajstić information content (AvgIpc) is 2.78. The van der Waals surface area contributed by atoms with Crippen molar-refractivity contribution in [2.24, 2.45) is 0 Å². The zero-order chi connectivity index (χ0) is 15.6. The first kappa shape index (κ1) is 15.5. The van der Waals surface area contributed by atoms with Gasteiger partial charge in [0, 0.05) is 0 Å². The molecule has 0 atom stereocenters. The Labute approximate surface area is 130 Å². The van der Waals surface area contributed by atoms with Crippen LogP contribution in [-0.4, -0.2) is 22.3 Å². The van der Waals surface area contributed by atoms with Crippen LogP contribution in [0.2, 0.25) is 0 Å². The molecule has 21 heavy (non-hydrogen) atoms. The van der Waals surface area contributed by atoms with E-state index in [1.807, 2.05) is 6.92 Å². The summed E-state index contributed by atoms with van der Waals surface area (Å²) in [5.74, 6) is 0.0805. The van der Waals surface area contributed by atoms with Gasteiger partial charge in [-0.1, -0.05) is 30.9 Å². The number of rotatable bonds is 4. The van der Waals surface area contributed by atoms with Gasteiger partial charge in [-0.25, -0.2) is 0 Å². The smallest absolute Gasteiger partial charge is 0.280 e. The third-order valence-electron chi connectivity index (χ3n) is 2.97. The standard InChI is InChI=1S/C13H12N2O4S2/c1-3-8(11-12(16)14-13(20)21-11)9-5-4-7(19-2)6-10(9)15(17)18/h4-6H,3H2,1-2H3,(H,14,16,20)/b11-8-. The first-order valence-corrected chi connectivity index (χ1v) is 7.29. The number of thiocarbonyl (C=S) groups is 1. The van der Waals surface area contributed by atoms with E-state index < -0.39 is 4.92 Å². The molecule has 1 N–H and O–H groups in total. The minimum absolute atomic E-state index is 0.0927. The van der Waals surface area contributed by atoms with E-state index in [9.17, 15) is 14.9 Å². The Hall–Kier alpha value is -1.93. The summed E-state index contributed by atoms with van der Waals surface area (Å²) in [5.41, 5.74) is 0.919. The van der Waals surface area contributed by atoms with Crippen molar-refractivity contribution in [1.29, 1.82) is 0 Å². The molecule has 0 saturated carbocycles. The number of benzene rings is 1. The molecule has 110 valence electrons. The molecule has 8 heteroatoms. The molecule has 0 radical (unpaired) electrons. The number of carbonyl (C=O) groups is 1. The topological polar surface area (TPSA) is 81.5 Å². The number of amides is 1. The molecule has 1 aliphatic heterocycles. The Morgan fingerprint density at radius 2 is 2.24 bits per heavy atom. The first-order valence-electron chi connectivity index (χ1n) is 6.07. The fourth-order valence-corrected chi connectivity index (χ4v) is 3.22. The van der Waals surface area contributed by atoms with Crippen molar-refractivity contribution < 1.29 is 14.5 Å². The van der Waals surface area contributed by atoms with Gasteiger partial charge in [-0.15, -0.1) is 0 Å². The van der Waals surface area contributed by atoms with Crippen molar-refractivity contribution in [3.63, 3.8) is 0 Å². The van der Waals surface area contributed by atoms with Crippen LogP contribution in [0.1, 0.15) is 18.9 Å². The summed E-state index contributed by atoms with van der Waals surface area (Å²) >= 11 is 6.09. The summed E-state index contributed by atoms with van der Waals surface area (Å²) in [6.45, 7) is 1.84. The Bertz CT molecular complexity index is 670. The number of nitrogens with zero attached hydrogens (tertiary/aromatic N) is 1. The van der Waals surface area contributed by atoms with Gasteiger partial charge in [-0.05, 0) is 24.1 Å². The molecule has 1 heterocycles. The molecule has 1 fully saturated rings. The van der Waals surface area contributed by atoms with E-state index in [0.29, 0.717) is 32.5 Å². The van der Waals surface area contributed by atoms with E-state index in [4.69, 9.17) is 17.0 Å². The van der Waals surface area contributed by atoms with E-state index in [0.717, 1.165) is 11.8 Å². The summed E-state index contributed by atoms with van der Waals surface area (Å²) < 4.78 is 5.37. The largest absolute Gasteiger partial charge is 0.497 e. The molecule has 0 bridgehead atoms. The molecular weight excluding hydrogens is 312 g/mol. The maximum absolute atomic E-state index is 11.9. The van der Waals surface area contributed by atoms with Crippen LogP contribution in [0.4, 0.5) is 5.69 Å². The van der Waals surface area contributed by atoms with E-state index in [2.05, 4.69) is 5.32 Å². The number of allylic oxidation sites excluding steroid dienone is 1. The van der Waals surface area contributed by atoms with Gasteiger partial charge < -0.3 is 10.1 Å². The Morgan fingerprint density at radius 1 is 1.52 bits per heavy atom. The summed E-state index contributed by atoms with van der Waals surface area (Å²) in [7, 11) is 1.44. The van der Waals surface area contributed by atoms with Gasteiger partial charge in [0.05, 0.1) is 28.6 Å². The van der Waals surface area contributed by atoms with Gasteiger partial charge in [-0.3, -0.25) is 14.9 Å². The van der Waals surface area contributed by atoms with Crippen molar-refractivity contribution in [3.8, 4) is 5.75 Å². The maximum Gasteiger partial charge on any atom is 0.280 e. The lowest BCUT2D eigenvalue weighted by Gasteiger charge is -2.09. The van der Waals surface area contributed by atoms with Crippen molar-refractivity contribution in [2.45, 2.75) is 13.3 Å². The second-order valence-electron chi connectivity index (χ2n) is 4.15. The molecule has 0 aromatic heterocycles. The molecule has 2 rings (SSSR count). The van der Waals surface area contributed by atoms with Gasteiger partial charge in [0.25, 0.3) is 11.6 Å². The molecule has 1 amide bonds. The SMILES string of the molecule is CC/C(=C1/SC(=S)NC1=O)c1ccc(OC)cc1[N+](=O)[O-]. The van der Waals surface area contributed by atoms with Crippen LogP contribution in [0, 0.1) is 10.1 Å². The van der Waals surface area contributed by atoms with Crippen LogP contribution in [0.3, 0.4) is 0 Å². The molecular formula is C13H12N2O4S2. The van der Waals surface area contributed by atoms with Gasteiger partial charge >= 0.3 is 0 Å². The van der Waals surface area contributed by atoms with Gasteiger partial charge in [0.2, 0.25) is 0 Å². The highest BCUT2D eigenvalue weighted by molar-refractivity contribution is 8.26. The molecule has 0 aliphatic carbocycles. The number of hydrogen-bond donors (Lipinski definition) is 1. The van der Waals surface area contributed by atoms with Crippen LogP contribution in [0.25, 0.3) is 5.57 Å². The summed E-state index contributed by atoms with van der Waals surface area (Å²) in [4.78, 5) is 23.1. The number of ether oxygens (including phenoxy) is 1.